The number of hydrogen-bond donors (Lipinski definition) is 2. The summed E-state index contributed by atoms with van der Waals surface area (Å²) >= 11 is 6.19. The zero-order valence-corrected chi connectivity index (χ0v) is 21.9. The van der Waals surface area contributed by atoms with Gasteiger partial charge in [-0.3, -0.25) is 4.79 Å². The zero-order chi connectivity index (χ0) is 26.9. The normalized spacial score (nSPS) is 24.5. The van der Waals surface area contributed by atoms with Crippen LogP contribution in [-0.4, -0.2) is 68.2 Å². The highest BCUT2D eigenvalue weighted by atomic mass is 35.5. The maximum Gasteiger partial charge on any atom is 0.281 e. The number of carbonyl (C=O) groups excluding carboxylic acids is 1. The number of ether oxygens (including phenoxy) is 1. The Bertz CT molecular complexity index is 1390. The predicted octanol–water partition coefficient (Wildman–Crippen LogP) is 2.96. The number of aliphatic hydroxyl groups excluding tert-OH is 1. The molecule has 0 radical (unpaired) electrons. The average Bonchev–Trinajstić information content (AvgIpc) is 3.47. The van der Waals surface area contributed by atoms with Gasteiger partial charge in [-0.15, -0.1) is 0 Å². The first-order valence-corrected chi connectivity index (χ1v) is 14.3. The lowest BCUT2D eigenvalue weighted by molar-refractivity contribution is -0.170. The van der Waals surface area contributed by atoms with Crippen LogP contribution in [0.15, 0.2) is 41.4 Å². The Hall–Kier alpha value is -2.70. The van der Waals surface area contributed by atoms with Gasteiger partial charge in [0.15, 0.2) is 10.6 Å². The standard InChI is InChI=1S/C25H27ClF2N4O5S/c26-16-4-5-18(32-14-23(15-32)12-25(27,28)13-23)19(10-16)37-24(7-8-24)22(34)30-38(35,36)21-3-1-2-20(29-21)31-9-6-17(33)11-31/h1-5,10,17,33H,6-9,11-15H2,(H,30,34)/t17-/m0/s1. The van der Waals surface area contributed by atoms with Gasteiger partial charge in [0, 0.05) is 68.4 Å². The van der Waals surface area contributed by atoms with E-state index in [0.29, 0.717) is 67.7 Å². The molecule has 9 nitrogen and oxygen atoms in total. The molecule has 1 spiro atoms. The highest BCUT2D eigenvalue weighted by Crippen LogP contribution is 2.58. The van der Waals surface area contributed by atoms with E-state index in [9.17, 15) is 27.1 Å². The molecule has 1 amide bonds. The summed E-state index contributed by atoms with van der Waals surface area (Å²) in [6.07, 6.45) is 0.379. The number of aliphatic hydroxyl groups is 1. The van der Waals surface area contributed by atoms with Crippen molar-refractivity contribution in [2.45, 2.75) is 54.8 Å². The molecule has 204 valence electrons. The van der Waals surface area contributed by atoms with Gasteiger partial charge in [-0.2, -0.15) is 8.42 Å². The number of aromatic nitrogens is 1. The van der Waals surface area contributed by atoms with E-state index in [1.54, 1.807) is 29.2 Å². The smallest absolute Gasteiger partial charge is 0.281 e. The second-order valence-electron chi connectivity index (χ2n) is 10.9. The van der Waals surface area contributed by atoms with Gasteiger partial charge >= 0.3 is 0 Å². The summed E-state index contributed by atoms with van der Waals surface area (Å²) in [6.45, 7) is 1.79. The Kier molecular flexibility index (Phi) is 5.82. The second kappa shape index (κ2) is 8.65. The first kappa shape index (κ1) is 25.6. The van der Waals surface area contributed by atoms with E-state index >= 15 is 0 Å². The van der Waals surface area contributed by atoms with E-state index < -0.39 is 39.0 Å². The Morgan fingerprint density at radius 3 is 2.53 bits per heavy atom. The number of sulfonamides is 1. The molecule has 2 aliphatic carbocycles. The monoisotopic (exact) mass is 568 g/mol. The van der Waals surface area contributed by atoms with Crippen LogP contribution in [0.5, 0.6) is 5.75 Å². The van der Waals surface area contributed by atoms with Crippen molar-refractivity contribution in [2.75, 3.05) is 36.0 Å². The summed E-state index contributed by atoms with van der Waals surface area (Å²) < 4.78 is 61.2. The maximum atomic E-state index is 13.4. The molecule has 2 N–H and O–H groups in total. The van der Waals surface area contributed by atoms with E-state index in [1.165, 1.54) is 12.1 Å². The number of hydrogen-bond acceptors (Lipinski definition) is 8. The summed E-state index contributed by atoms with van der Waals surface area (Å²) in [5.41, 5.74) is -1.17. The van der Waals surface area contributed by atoms with E-state index in [1.807, 2.05) is 4.90 Å². The van der Waals surface area contributed by atoms with Crippen LogP contribution >= 0.6 is 11.6 Å². The first-order valence-electron chi connectivity index (χ1n) is 12.5. The van der Waals surface area contributed by atoms with Gasteiger partial charge < -0.3 is 19.6 Å². The summed E-state index contributed by atoms with van der Waals surface area (Å²) in [4.78, 5) is 21.1. The fraction of sp³-hybridized carbons (Fsp3) is 0.520. The summed E-state index contributed by atoms with van der Waals surface area (Å²) in [7, 11) is -4.30. The van der Waals surface area contributed by atoms with Crippen LogP contribution in [-0.2, 0) is 14.8 Å². The highest BCUT2D eigenvalue weighted by Gasteiger charge is 2.62. The third kappa shape index (κ3) is 4.66. The molecule has 4 aliphatic rings. The van der Waals surface area contributed by atoms with Crippen LogP contribution in [0.2, 0.25) is 5.02 Å². The highest BCUT2D eigenvalue weighted by molar-refractivity contribution is 7.90. The van der Waals surface area contributed by atoms with Crippen LogP contribution in [0.3, 0.4) is 0 Å². The molecule has 1 atom stereocenters. The van der Waals surface area contributed by atoms with Gasteiger partial charge in [0.05, 0.1) is 11.8 Å². The molecule has 2 aromatic rings. The number of benzene rings is 1. The van der Waals surface area contributed by atoms with Crippen LogP contribution in [0.25, 0.3) is 0 Å². The summed E-state index contributed by atoms with van der Waals surface area (Å²) in [5.74, 6) is -2.73. The fourth-order valence-corrected chi connectivity index (χ4v) is 6.85. The van der Waals surface area contributed by atoms with Gasteiger partial charge in [0.25, 0.3) is 15.9 Å². The molecule has 2 saturated heterocycles. The number of nitrogens with zero attached hydrogens (tertiary/aromatic N) is 3. The van der Waals surface area contributed by atoms with Crippen molar-refractivity contribution >= 4 is 39.0 Å². The first-order chi connectivity index (χ1) is 17.9. The lowest BCUT2D eigenvalue weighted by Crippen LogP contribution is -2.66. The number of alkyl halides is 2. The Morgan fingerprint density at radius 1 is 1.16 bits per heavy atom. The minimum absolute atomic E-state index is 0.141. The molecule has 2 saturated carbocycles. The van der Waals surface area contributed by atoms with Crippen molar-refractivity contribution < 1.29 is 31.8 Å². The molecular weight excluding hydrogens is 542 g/mol. The lowest BCUT2D eigenvalue weighted by atomic mass is 9.61. The maximum absolute atomic E-state index is 13.4. The fourth-order valence-electron chi connectivity index (χ4n) is 5.68. The molecular formula is C25H27ClF2N4O5S. The Balaban J connectivity index is 1.16. The van der Waals surface area contributed by atoms with Gasteiger partial charge in [0.2, 0.25) is 5.92 Å². The quantitative estimate of drug-likeness (QED) is 0.524. The van der Waals surface area contributed by atoms with Crippen molar-refractivity contribution in [3.05, 3.63) is 41.4 Å². The van der Waals surface area contributed by atoms with E-state index in [4.69, 9.17) is 16.3 Å². The third-order valence-electron chi connectivity index (χ3n) is 7.70. The molecule has 4 fully saturated rings. The van der Waals surface area contributed by atoms with Gasteiger partial charge in [0.1, 0.15) is 11.6 Å². The molecule has 2 aliphatic heterocycles. The lowest BCUT2D eigenvalue weighted by Gasteiger charge is -2.59. The van der Waals surface area contributed by atoms with Crippen molar-refractivity contribution in [1.29, 1.82) is 0 Å². The van der Waals surface area contributed by atoms with Crippen molar-refractivity contribution in [1.82, 2.24) is 9.71 Å². The summed E-state index contributed by atoms with van der Waals surface area (Å²) in [6, 6.07) is 9.41. The third-order valence-corrected chi connectivity index (χ3v) is 9.17. The molecule has 0 bridgehead atoms. The van der Waals surface area contributed by atoms with Crippen LogP contribution in [0.1, 0.15) is 32.1 Å². The number of carbonyl (C=O) groups is 1. The van der Waals surface area contributed by atoms with E-state index in [0.717, 1.165) is 0 Å². The molecule has 38 heavy (non-hydrogen) atoms. The van der Waals surface area contributed by atoms with Crippen LogP contribution in [0.4, 0.5) is 20.3 Å². The van der Waals surface area contributed by atoms with E-state index in [2.05, 4.69) is 9.71 Å². The molecule has 6 rings (SSSR count). The Morgan fingerprint density at radius 2 is 1.89 bits per heavy atom. The molecule has 0 unspecified atom stereocenters. The molecule has 13 heteroatoms. The minimum atomic E-state index is -4.30. The predicted molar refractivity (Wildman–Crippen MR) is 135 cm³/mol. The number of rotatable bonds is 7. The van der Waals surface area contributed by atoms with Gasteiger partial charge in [-0.05, 0) is 30.7 Å². The molecule has 3 heterocycles. The van der Waals surface area contributed by atoms with Crippen molar-refractivity contribution in [2.24, 2.45) is 5.41 Å². The average molecular weight is 569 g/mol. The number of anilines is 2. The second-order valence-corrected chi connectivity index (χ2v) is 13.0. The molecule has 1 aromatic carbocycles. The number of nitrogens with one attached hydrogen (secondary N) is 1. The van der Waals surface area contributed by atoms with Crippen molar-refractivity contribution in [3.63, 3.8) is 0 Å². The largest absolute Gasteiger partial charge is 0.475 e. The topological polar surface area (TPSA) is 112 Å². The molecule has 1 aromatic heterocycles. The zero-order valence-electron chi connectivity index (χ0n) is 20.4. The van der Waals surface area contributed by atoms with E-state index in [-0.39, 0.29) is 17.9 Å². The number of pyridine rings is 1. The summed E-state index contributed by atoms with van der Waals surface area (Å²) in [5, 5.41) is 9.83. The van der Waals surface area contributed by atoms with Gasteiger partial charge in [-0.25, -0.2) is 18.5 Å². The van der Waals surface area contributed by atoms with Crippen molar-refractivity contribution in [3.8, 4) is 5.75 Å². The van der Waals surface area contributed by atoms with Crippen LogP contribution < -0.4 is 19.3 Å². The SMILES string of the molecule is O=C(NS(=O)(=O)c1cccc(N2CC[C@H](O)C2)n1)C1(Oc2cc(Cl)ccc2N2CC3(C2)CC(F)(F)C3)CC1. The van der Waals surface area contributed by atoms with Crippen LogP contribution in [0, 0.1) is 5.41 Å². The van der Waals surface area contributed by atoms with Gasteiger partial charge in [-0.1, -0.05) is 17.7 Å². The number of amides is 1. The number of halogens is 3. The minimum Gasteiger partial charge on any atom is -0.475 e. The Labute approximate surface area is 223 Å². The number of β-amino-alcohol motifs (C(OH)–C–C–N with tert-alkyl or cyclic N) is 1.